The van der Waals surface area contributed by atoms with Crippen LogP contribution in [0.2, 0.25) is 0 Å². The van der Waals surface area contributed by atoms with Gasteiger partial charge in [-0.1, -0.05) is 30.3 Å². The molecule has 0 aromatic heterocycles. The lowest BCUT2D eigenvalue weighted by atomic mass is 10.1. The quantitative estimate of drug-likeness (QED) is 0.450. The molecule has 2 amide bonds. The van der Waals surface area contributed by atoms with Gasteiger partial charge in [-0.05, 0) is 23.3 Å². The number of carbonyl (C=O) groups excluding carboxylic acids is 2. The lowest BCUT2D eigenvalue weighted by Crippen LogP contribution is -2.35. The van der Waals surface area contributed by atoms with Crippen molar-refractivity contribution in [1.82, 2.24) is 10.7 Å². The Labute approximate surface area is 143 Å². The summed E-state index contributed by atoms with van der Waals surface area (Å²) in [7, 11) is 0. The van der Waals surface area contributed by atoms with Crippen molar-refractivity contribution in [2.45, 2.75) is 6.42 Å². The van der Waals surface area contributed by atoms with E-state index in [1.165, 1.54) is 30.5 Å². The molecule has 0 fully saturated rings. The monoisotopic (exact) mass is 340 g/mol. The molecule has 0 saturated heterocycles. The highest BCUT2D eigenvalue weighted by Gasteiger charge is 2.06. The van der Waals surface area contributed by atoms with Crippen molar-refractivity contribution in [1.29, 1.82) is 0 Å². The van der Waals surface area contributed by atoms with E-state index in [4.69, 9.17) is 0 Å². The molecule has 0 saturated carbocycles. The SMILES string of the molecule is O=C(Cc1ccccc1)NCC(=O)N/N=C/c1ccc([N+](=O)[O-])cc1. The van der Waals surface area contributed by atoms with Gasteiger partial charge in [0.05, 0.1) is 24.1 Å². The number of nitro groups is 1. The summed E-state index contributed by atoms with van der Waals surface area (Å²) in [5, 5.41) is 16.8. The fraction of sp³-hybridized carbons (Fsp3) is 0.118. The van der Waals surface area contributed by atoms with Gasteiger partial charge in [-0.15, -0.1) is 0 Å². The molecule has 25 heavy (non-hydrogen) atoms. The number of hydrazone groups is 1. The zero-order chi connectivity index (χ0) is 18.1. The minimum absolute atomic E-state index is 0.0256. The molecule has 0 heterocycles. The molecule has 2 rings (SSSR count). The number of benzene rings is 2. The Balaban J connectivity index is 1.73. The van der Waals surface area contributed by atoms with Gasteiger partial charge in [0.1, 0.15) is 0 Å². The van der Waals surface area contributed by atoms with E-state index in [2.05, 4.69) is 15.8 Å². The molecule has 0 unspecified atom stereocenters. The Kier molecular flexibility index (Phi) is 6.35. The number of hydrogen-bond donors (Lipinski definition) is 2. The first-order valence-electron chi connectivity index (χ1n) is 7.41. The van der Waals surface area contributed by atoms with Crippen molar-refractivity contribution in [3.8, 4) is 0 Å². The lowest BCUT2D eigenvalue weighted by molar-refractivity contribution is -0.384. The number of non-ortho nitro benzene ring substituents is 1. The number of hydrogen-bond acceptors (Lipinski definition) is 5. The second-order valence-electron chi connectivity index (χ2n) is 5.08. The second kappa shape index (κ2) is 8.92. The summed E-state index contributed by atoms with van der Waals surface area (Å²) in [6.07, 6.45) is 1.55. The Hall–Kier alpha value is -3.55. The van der Waals surface area contributed by atoms with E-state index in [1.54, 1.807) is 0 Å². The first-order chi connectivity index (χ1) is 12.0. The van der Waals surface area contributed by atoms with Crippen LogP contribution in [-0.4, -0.2) is 29.5 Å². The summed E-state index contributed by atoms with van der Waals surface area (Å²) in [5.41, 5.74) is 3.70. The van der Waals surface area contributed by atoms with Crippen LogP contribution in [0.5, 0.6) is 0 Å². The number of amides is 2. The second-order valence-corrected chi connectivity index (χ2v) is 5.08. The summed E-state index contributed by atoms with van der Waals surface area (Å²) in [6.45, 7) is -0.191. The molecule has 128 valence electrons. The summed E-state index contributed by atoms with van der Waals surface area (Å²) in [4.78, 5) is 33.4. The van der Waals surface area contributed by atoms with Crippen molar-refractivity contribution in [3.63, 3.8) is 0 Å². The van der Waals surface area contributed by atoms with Gasteiger partial charge in [0.25, 0.3) is 11.6 Å². The molecule has 0 atom stereocenters. The normalized spacial score (nSPS) is 10.4. The first kappa shape index (κ1) is 17.8. The minimum Gasteiger partial charge on any atom is -0.347 e. The van der Waals surface area contributed by atoms with Gasteiger partial charge < -0.3 is 5.32 Å². The van der Waals surface area contributed by atoms with E-state index >= 15 is 0 Å². The van der Waals surface area contributed by atoms with Crippen molar-refractivity contribution in [2.75, 3.05) is 6.54 Å². The van der Waals surface area contributed by atoms with Gasteiger partial charge in [-0.2, -0.15) is 5.10 Å². The van der Waals surface area contributed by atoms with Crippen LogP contribution in [0.1, 0.15) is 11.1 Å². The lowest BCUT2D eigenvalue weighted by Gasteiger charge is -2.04. The zero-order valence-electron chi connectivity index (χ0n) is 13.2. The molecule has 2 aromatic rings. The van der Waals surface area contributed by atoms with E-state index in [0.717, 1.165) is 5.56 Å². The van der Waals surface area contributed by atoms with Gasteiger partial charge in [-0.25, -0.2) is 5.43 Å². The van der Waals surface area contributed by atoms with E-state index in [1.807, 2.05) is 30.3 Å². The maximum Gasteiger partial charge on any atom is 0.269 e. The number of nitrogens with one attached hydrogen (secondary N) is 2. The number of rotatable bonds is 7. The Bertz CT molecular complexity index is 773. The van der Waals surface area contributed by atoms with Crippen LogP contribution >= 0.6 is 0 Å². The predicted molar refractivity (Wildman–Crippen MR) is 92.0 cm³/mol. The van der Waals surface area contributed by atoms with Crippen molar-refractivity contribution in [2.24, 2.45) is 5.10 Å². The molecule has 0 bridgehead atoms. The van der Waals surface area contributed by atoms with Crippen LogP contribution in [0.25, 0.3) is 0 Å². The maximum absolute atomic E-state index is 11.7. The van der Waals surface area contributed by atoms with Crippen molar-refractivity contribution < 1.29 is 14.5 Å². The highest BCUT2D eigenvalue weighted by atomic mass is 16.6. The maximum atomic E-state index is 11.7. The molecule has 0 aliphatic heterocycles. The van der Waals surface area contributed by atoms with E-state index in [9.17, 15) is 19.7 Å². The molecular formula is C17H16N4O4. The molecule has 0 spiro atoms. The van der Waals surface area contributed by atoms with Crippen molar-refractivity contribution >= 4 is 23.7 Å². The summed E-state index contributed by atoms with van der Waals surface area (Å²) < 4.78 is 0. The zero-order valence-corrected chi connectivity index (χ0v) is 13.2. The van der Waals surface area contributed by atoms with Gasteiger partial charge in [0.15, 0.2) is 0 Å². The van der Waals surface area contributed by atoms with E-state index < -0.39 is 10.8 Å². The minimum atomic E-state index is -0.499. The average Bonchev–Trinajstić information content (AvgIpc) is 2.61. The number of nitrogens with zero attached hydrogens (tertiary/aromatic N) is 2. The molecule has 2 aromatic carbocycles. The largest absolute Gasteiger partial charge is 0.347 e. The van der Waals surface area contributed by atoms with E-state index in [-0.39, 0.29) is 24.6 Å². The third-order valence-electron chi connectivity index (χ3n) is 3.16. The van der Waals surface area contributed by atoms with Gasteiger partial charge in [-0.3, -0.25) is 19.7 Å². The van der Waals surface area contributed by atoms with Crippen LogP contribution in [0.4, 0.5) is 5.69 Å². The van der Waals surface area contributed by atoms with E-state index in [0.29, 0.717) is 5.56 Å². The van der Waals surface area contributed by atoms with Crippen LogP contribution in [0.15, 0.2) is 59.7 Å². The first-order valence-corrected chi connectivity index (χ1v) is 7.41. The fourth-order valence-electron chi connectivity index (χ4n) is 1.92. The van der Waals surface area contributed by atoms with Crippen LogP contribution in [-0.2, 0) is 16.0 Å². The molecule has 8 nitrogen and oxygen atoms in total. The molecular weight excluding hydrogens is 324 g/mol. The van der Waals surface area contributed by atoms with Crippen LogP contribution < -0.4 is 10.7 Å². The smallest absolute Gasteiger partial charge is 0.269 e. The van der Waals surface area contributed by atoms with Gasteiger partial charge in [0.2, 0.25) is 5.91 Å². The third-order valence-corrected chi connectivity index (χ3v) is 3.16. The Morgan fingerprint density at radius 2 is 1.72 bits per heavy atom. The standard InChI is InChI=1S/C17H16N4O4/c22-16(10-13-4-2-1-3-5-13)18-12-17(23)20-19-11-14-6-8-15(9-7-14)21(24)25/h1-9,11H,10,12H2,(H,18,22)(H,20,23)/b19-11+. The van der Waals surface area contributed by atoms with Gasteiger partial charge in [0, 0.05) is 12.1 Å². The molecule has 2 N–H and O–H groups in total. The highest BCUT2D eigenvalue weighted by Crippen LogP contribution is 2.10. The molecule has 0 radical (unpaired) electrons. The molecule has 0 aliphatic carbocycles. The third kappa shape index (κ3) is 6.22. The number of carbonyl (C=O) groups is 2. The summed E-state index contributed by atoms with van der Waals surface area (Å²) in [6, 6.07) is 14.9. The van der Waals surface area contributed by atoms with Crippen LogP contribution in [0, 0.1) is 10.1 Å². The summed E-state index contributed by atoms with van der Waals surface area (Å²) >= 11 is 0. The predicted octanol–water partition coefficient (Wildman–Crippen LogP) is 1.40. The van der Waals surface area contributed by atoms with Gasteiger partial charge >= 0.3 is 0 Å². The van der Waals surface area contributed by atoms with Crippen LogP contribution in [0.3, 0.4) is 0 Å². The Morgan fingerprint density at radius 1 is 1.04 bits per heavy atom. The number of nitro benzene ring substituents is 1. The molecule has 8 heteroatoms. The van der Waals surface area contributed by atoms with Crippen molar-refractivity contribution in [3.05, 3.63) is 75.8 Å². The molecule has 0 aliphatic rings. The fourth-order valence-corrected chi connectivity index (χ4v) is 1.92. The highest BCUT2D eigenvalue weighted by molar-refractivity contribution is 5.87. The average molecular weight is 340 g/mol. The summed E-state index contributed by atoms with van der Waals surface area (Å²) in [5.74, 6) is -0.736. The Morgan fingerprint density at radius 3 is 2.36 bits per heavy atom. The topological polar surface area (TPSA) is 114 Å².